The van der Waals surface area contributed by atoms with E-state index in [0.29, 0.717) is 5.69 Å². The number of nitro groups is 1. The third kappa shape index (κ3) is 3.71. The number of amides is 1. The Morgan fingerprint density at radius 1 is 1.33 bits per heavy atom. The fourth-order valence-corrected chi connectivity index (χ4v) is 2.95. The van der Waals surface area contributed by atoms with Crippen molar-refractivity contribution < 1.29 is 9.72 Å². The van der Waals surface area contributed by atoms with Crippen LogP contribution in [0.1, 0.15) is 37.7 Å². The number of hydrogen-bond acceptors (Lipinski definition) is 4. The molecule has 2 rings (SSSR count). The van der Waals surface area contributed by atoms with Crippen LogP contribution < -0.4 is 11.1 Å². The molecule has 6 nitrogen and oxygen atoms in total. The van der Waals surface area contributed by atoms with E-state index in [0.717, 1.165) is 37.7 Å². The topological polar surface area (TPSA) is 98.3 Å². The molecular formula is C15H21N3O3. The van der Waals surface area contributed by atoms with Crippen molar-refractivity contribution in [3.05, 3.63) is 33.9 Å². The van der Waals surface area contributed by atoms with E-state index in [9.17, 15) is 14.9 Å². The first kappa shape index (κ1) is 15.3. The van der Waals surface area contributed by atoms with Crippen LogP contribution in [-0.4, -0.2) is 16.9 Å². The largest absolute Gasteiger partial charge is 0.376 e. The van der Waals surface area contributed by atoms with Crippen LogP contribution in [0.5, 0.6) is 0 Å². The molecule has 3 N–H and O–H groups in total. The second-order valence-corrected chi connectivity index (χ2v) is 5.68. The van der Waals surface area contributed by atoms with E-state index in [2.05, 4.69) is 5.32 Å². The number of nitrogens with two attached hydrogens (primary N) is 1. The van der Waals surface area contributed by atoms with Gasteiger partial charge in [-0.25, -0.2) is 0 Å². The minimum atomic E-state index is -0.405. The SMILES string of the molecule is Cc1ccc([N+](=O)[O-])c(NC2CCCCCC2C(N)=O)c1. The summed E-state index contributed by atoms with van der Waals surface area (Å²) >= 11 is 0. The van der Waals surface area contributed by atoms with E-state index >= 15 is 0 Å². The number of anilines is 1. The Balaban J connectivity index is 2.27. The van der Waals surface area contributed by atoms with E-state index in [4.69, 9.17) is 5.73 Å². The van der Waals surface area contributed by atoms with Crippen molar-refractivity contribution in [2.24, 2.45) is 11.7 Å². The summed E-state index contributed by atoms with van der Waals surface area (Å²) in [6, 6.07) is 4.82. The lowest BCUT2D eigenvalue weighted by molar-refractivity contribution is -0.384. The van der Waals surface area contributed by atoms with E-state index in [1.165, 1.54) is 6.07 Å². The molecule has 0 radical (unpaired) electrons. The van der Waals surface area contributed by atoms with Crippen molar-refractivity contribution in [2.45, 2.75) is 45.1 Å². The number of primary amides is 1. The van der Waals surface area contributed by atoms with Gasteiger partial charge < -0.3 is 11.1 Å². The Morgan fingerprint density at radius 2 is 2.05 bits per heavy atom. The smallest absolute Gasteiger partial charge is 0.292 e. The van der Waals surface area contributed by atoms with Crippen LogP contribution in [0.25, 0.3) is 0 Å². The molecule has 6 heteroatoms. The standard InChI is InChI=1S/C15H21N3O3/c1-10-7-8-14(18(20)21)13(9-10)17-12-6-4-2-3-5-11(12)15(16)19/h7-9,11-12,17H,2-6H2,1H3,(H2,16,19). The third-order valence-corrected chi connectivity index (χ3v) is 4.07. The zero-order valence-corrected chi connectivity index (χ0v) is 12.2. The van der Waals surface area contributed by atoms with Gasteiger partial charge in [0.15, 0.2) is 0 Å². The lowest BCUT2D eigenvalue weighted by atomic mass is 9.93. The zero-order valence-electron chi connectivity index (χ0n) is 12.2. The third-order valence-electron chi connectivity index (χ3n) is 4.07. The van der Waals surface area contributed by atoms with Gasteiger partial charge in [-0.2, -0.15) is 0 Å². The molecule has 0 saturated heterocycles. The number of carbonyl (C=O) groups is 1. The fourth-order valence-electron chi connectivity index (χ4n) is 2.95. The fraction of sp³-hybridized carbons (Fsp3) is 0.533. The van der Waals surface area contributed by atoms with Gasteiger partial charge in [0.05, 0.1) is 10.8 Å². The molecule has 1 aliphatic rings. The highest BCUT2D eigenvalue weighted by molar-refractivity contribution is 5.78. The molecule has 0 aromatic heterocycles. The first-order valence-corrected chi connectivity index (χ1v) is 7.30. The van der Waals surface area contributed by atoms with Crippen molar-refractivity contribution >= 4 is 17.3 Å². The summed E-state index contributed by atoms with van der Waals surface area (Å²) < 4.78 is 0. The van der Waals surface area contributed by atoms with E-state index < -0.39 is 4.92 Å². The molecule has 1 aromatic carbocycles. The highest BCUT2D eigenvalue weighted by Gasteiger charge is 2.29. The summed E-state index contributed by atoms with van der Waals surface area (Å²) in [5.41, 5.74) is 6.94. The van der Waals surface area contributed by atoms with Crippen molar-refractivity contribution in [3.8, 4) is 0 Å². The minimum absolute atomic E-state index is 0.0352. The number of benzene rings is 1. The number of rotatable bonds is 4. The predicted octanol–water partition coefficient (Wildman–Crippen LogP) is 2.75. The molecule has 2 atom stereocenters. The second-order valence-electron chi connectivity index (χ2n) is 5.68. The van der Waals surface area contributed by atoms with Crippen LogP contribution in [0.2, 0.25) is 0 Å². The molecular weight excluding hydrogens is 270 g/mol. The van der Waals surface area contributed by atoms with Crippen LogP contribution in [0, 0.1) is 23.0 Å². The Morgan fingerprint density at radius 3 is 2.71 bits per heavy atom. The molecule has 0 spiro atoms. The Hall–Kier alpha value is -2.11. The monoisotopic (exact) mass is 291 g/mol. The lowest BCUT2D eigenvalue weighted by Gasteiger charge is -2.24. The van der Waals surface area contributed by atoms with E-state index in [1.807, 2.05) is 6.92 Å². The summed E-state index contributed by atoms with van der Waals surface area (Å²) in [6.07, 6.45) is 4.59. The van der Waals surface area contributed by atoms with Gasteiger partial charge in [-0.15, -0.1) is 0 Å². The van der Waals surface area contributed by atoms with Gasteiger partial charge in [-0.1, -0.05) is 25.3 Å². The maximum absolute atomic E-state index is 11.6. The Kier molecular flexibility index (Phi) is 4.77. The molecule has 1 amide bonds. The molecule has 1 aromatic rings. The van der Waals surface area contributed by atoms with Crippen LogP contribution in [0.4, 0.5) is 11.4 Å². The molecule has 2 unspecified atom stereocenters. The van der Waals surface area contributed by atoms with E-state index in [-0.39, 0.29) is 23.6 Å². The summed E-state index contributed by atoms with van der Waals surface area (Å²) in [6.45, 7) is 1.88. The van der Waals surface area contributed by atoms with Gasteiger partial charge in [-0.3, -0.25) is 14.9 Å². The summed E-state index contributed by atoms with van der Waals surface area (Å²) in [7, 11) is 0. The normalized spacial score (nSPS) is 22.3. The quantitative estimate of drug-likeness (QED) is 0.506. The average molecular weight is 291 g/mol. The van der Waals surface area contributed by atoms with Crippen LogP contribution >= 0.6 is 0 Å². The average Bonchev–Trinajstić information content (AvgIpc) is 2.64. The zero-order chi connectivity index (χ0) is 15.4. The van der Waals surface area contributed by atoms with Gasteiger partial charge in [0.1, 0.15) is 5.69 Å². The van der Waals surface area contributed by atoms with Crippen LogP contribution in [-0.2, 0) is 4.79 Å². The predicted molar refractivity (Wildman–Crippen MR) is 81.0 cm³/mol. The van der Waals surface area contributed by atoms with Crippen LogP contribution in [0.3, 0.4) is 0 Å². The highest BCUT2D eigenvalue weighted by atomic mass is 16.6. The maximum atomic E-state index is 11.6. The van der Waals surface area contributed by atoms with E-state index in [1.54, 1.807) is 12.1 Å². The van der Waals surface area contributed by atoms with Gasteiger partial charge in [0.2, 0.25) is 5.91 Å². The molecule has 1 fully saturated rings. The molecule has 0 aliphatic heterocycles. The first-order valence-electron chi connectivity index (χ1n) is 7.30. The maximum Gasteiger partial charge on any atom is 0.292 e. The molecule has 1 saturated carbocycles. The summed E-state index contributed by atoms with van der Waals surface area (Å²) in [5.74, 6) is -0.600. The molecule has 1 aliphatic carbocycles. The Bertz CT molecular complexity index is 545. The van der Waals surface area contributed by atoms with Gasteiger partial charge >= 0.3 is 0 Å². The molecule has 114 valence electrons. The summed E-state index contributed by atoms with van der Waals surface area (Å²) in [5, 5.41) is 14.3. The number of aryl methyl sites for hydroxylation is 1. The highest BCUT2D eigenvalue weighted by Crippen LogP contribution is 2.31. The van der Waals surface area contributed by atoms with Crippen molar-refractivity contribution in [1.82, 2.24) is 0 Å². The van der Waals surface area contributed by atoms with Crippen molar-refractivity contribution in [1.29, 1.82) is 0 Å². The number of nitro benzene ring substituents is 1. The first-order chi connectivity index (χ1) is 9.99. The van der Waals surface area contributed by atoms with Crippen LogP contribution in [0.15, 0.2) is 18.2 Å². The number of carbonyl (C=O) groups excluding carboxylic acids is 1. The Labute approximate surface area is 123 Å². The van der Waals surface area contributed by atoms with Gasteiger partial charge in [-0.05, 0) is 31.4 Å². The lowest BCUT2D eigenvalue weighted by Crippen LogP contribution is -2.37. The molecule has 0 bridgehead atoms. The molecule has 21 heavy (non-hydrogen) atoms. The van der Waals surface area contributed by atoms with Crippen molar-refractivity contribution in [2.75, 3.05) is 5.32 Å². The molecule has 0 heterocycles. The number of nitrogens with zero attached hydrogens (tertiary/aromatic N) is 1. The minimum Gasteiger partial charge on any atom is -0.376 e. The summed E-state index contributed by atoms with van der Waals surface area (Å²) in [4.78, 5) is 22.4. The van der Waals surface area contributed by atoms with Gasteiger partial charge in [0.25, 0.3) is 5.69 Å². The second kappa shape index (κ2) is 6.56. The van der Waals surface area contributed by atoms with Crippen molar-refractivity contribution in [3.63, 3.8) is 0 Å². The number of nitrogens with one attached hydrogen (secondary N) is 1. The van der Waals surface area contributed by atoms with Gasteiger partial charge in [0, 0.05) is 12.1 Å². The number of hydrogen-bond donors (Lipinski definition) is 2.